The lowest BCUT2D eigenvalue weighted by atomic mass is 10.2. The van der Waals surface area contributed by atoms with Gasteiger partial charge in [0.25, 0.3) is 0 Å². The molecule has 5 nitrogen and oxygen atoms in total. The molecule has 1 unspecified atom stereocenters. The average molecular weight is 343 g/mol. The first-order chi connectivity index (χ1) is 11.6. The zero-order chi connectivity index (χ0) is 16.9. The molecule has 0 spiro atoms. The average Bonchev–Trinajstić information content (AvgIpc) is 3.24. The molecule has 2 aromatic rings. The van der Waals surface area contributed by atoms with Crippen LogP contribution < -0.4 is 15.5 Å². The van der Waals surface area contributed by atoms with Crippen molar-refractivity contribution in [2.75, 3.05) is 11.4 Å². The van der Waals surface area contributed by atoms with Crippen LogP contribution in [-0.2, 0) is 11.3 Å². The Balaban J connectivity index is 1.54. The highest BCUT2D eigenvalue weighted by molar-refractivity contribution is 7.10. The lowest BCUT2D eigenvalue weighted by molar-refractivity contribution is -0.117. The van der Waals surface area contributed by atoms with E-state index in [1.54, 1.807) is 11.3 Å². The number of urea groups is 1. The summed E-state index contributed by atoms with van der Waals surface area (Å²) in [4.78, 5) is 26.8. The molecule has 2 heterocycles. The molecular formula is C18H21N3O2S. The third kappa shape index (κ3) is 3.94. The molecule has 0 saturated carbocycles. The van der Waals surface area contributed by atoms with Crippen molar-refractivity contribution >= 4 is 29.0 Å². The fourth-order valence-electron chi connectivity index (χ4n) is 2.79. The third-order valence-electron chi connectivity index (χ3n) is 4.07. The van der Waals surface area contributed by atoms with Gasteiger partial charge in [0.1, 0.15) is 0 Å². The number of rotatable bonds is 5. The summed E-state index contributed by atoms with van der Waals surface area (Å²) in [5, 5.41) is 7.79. The summed E-state index contributed by atoms with van der Waals surface area (Å²) >= 11 is 1.62. The molecule has 1 aliphatic rings. The molecular weight excluding hydrogens is 322 g/mol. The highest BCUT2D eigenvalue weighted by atomic mass is 32.1. The minimum Gasteiger partial charge on any atom is -0.334 e. The van der Waals surface area contributed by atoms with Gasteiger partial charge in [-0.2, -0.15) is 0 Å². The Kier molecular flexibility index (Phi) is 5.15. The van der Waals surface area contributed by atoms with Crippen LogP contribution in [0.2, 0.25) is 0 Å². The maximum absolute atomic E-state index is 12.0. The Hall–Kier alpha value is -2.34. The number of benzene rings is 1. The number of hydrogen-bond acceptors (Lipinski definition) is 3. The van der Waals surface area contributed by atoms with Gasteiger partial charge in [-0.15, -0.1) is 11.3 Å². The molecule has 3 amide bonds. The van der Waals surface area contributed by atoms with Gasteiger partial charge in [0.2, 0.25) is 5.91 Å². The summed E-state index contributed by atoms with van der Waals surface area (Å²) in [5.74, 6) is 0.169. The predicted molar refractivity (Wildman–Crippen MR) is 96.1 cm³/mol. The van der Waals surface area contributed by atoms with Gasteiger partial charge in [-0.05, 0) is 42.5 Å². The highest BCUT2D eigenvalue weighted by Gasteiger charge is 2.21. The van der Waals surface area contributed by atoms with E-state index in [0.717, 1.165) is 29.1 Å². The molecule has 2 N–H and O–H groups in total. The number of carbonyl (C=O) groups excluding carboxylic acids is 2. The van der Waals surface area contributed by atoms with Gasteiger partial charge in [-0.25, -0.2) is 4.79 Å². The van der Waals surface area contributed by atoms with Crippen LogP contribution in [0.5, 0.6) is 0 Å². The minimum absolute atomic E-state index is 0.0152. The predicted octanol–water partition coefficient (Wildman–Crippen LogP) is 3.44. The molecule has 0 bridgehead atoms. The Bertz CT molecular complexity index is 715. The second-order valence-electron chi connectivity index (χ2n) is 5.88. The van der Waals surface area contributed by atoms with E-state index in [-0.39, 0.29) is 18.0 Å². The largest absolute Gasteiger partial charge is 0.334 e. The molecule has 1 saturated heterocycles. The summed E-state index contributed by atoms with van der Waals surface area (Å²) in [6, 6.07) is 11.5. The van der Waals surface area contributed by atoms with Crippen LogP contribution in [0.4, 0.5) is 10.5 Å². The molecule has 24 heavy (non-hydrogen) atoms. The third-order valence-corrected chi connectivity index (χ3v) is 5.12. The molecule has 1 atom stereocenters. The van der Waals surface area contributed by atoms with Crippen LogP contribution in [-0.4, -0.2) is 18.5 Å². The first kappa shape index (κ1) is 16.5. The van der Waals surface area contributed by atoms with E-state index in [0.29, 0.717) is 13.0 Å². The van der Waals surface area contributed by atoms with Crippen molar-refractivity contribution in [2.45, 2.75) is 32.4 Å². The number of nitrogens with zero attached hydrogens (tertiary/aromatic N) is 1. The van der Waals surface area contributed by atoms with Gasteiger partial charge in [-0.1, -0.05) is 18.2 Å². The summed E-state index contributed by atoms with van der Waals surface area (Å²) in [6.45, 7) is 3.17. The zero-order valence-electron chi connectivity index (χ0n) is 13.6. The topological polar surface area (TPSA) is 61.4 Å². The van der Waals surface area contributed by atoms with E-state index >= 15 is 0 Å². The molecule has 1 aromatic heterocycles. The van der Waals surface area contributed by atoms with Crippen LogP contribution in [0, 0.1) is 0 Å². The summed E-state index contributed by atoms with van der Waals surface area (Å²) < 4.78 is 0. The molecule has 126 valence electrons. The van der Waals surface area contributed by atoms with Gasteiger partial charge in [0, 0.05) is 30.1 Å². The maximum atomic E-state index is 12.0. The van der Waals surface area contributed by atoms with Crippen LogP contribution in [0.3, 0.4) is 0 Å². The quantitative estimate of drug-likeness (QED) is 0.874. The van der Waals surface area contributed by atoms with Crippen LogP contribution >= 0.6 is 11.3 Å². The second kappa shape index (κ2) is 7.49. The maximum Gasteiger partial charge on any atom is 0.315 e. The summed E-state index contributed by atoms with van der Waals surface area (Å²) in [5.41, 5.74) is 1.88. The fraction of sp³-hybridized carbons (Fsp3) is 0.333. The van der Waals surface area contributed by atoms with Crippen LogP contribution in [0.1, 0.15) is 36.2 Å². The molecule has 1 aromatic carbocycles. The molecule has 0 aliphatic carbocycles. The van der Waals surface area contributed by atoms with Crippen molar-refractivity contribution in [1.82, 2.24) is 10.6 Å². The number of amides is 3. The molecule has 1 fully saturated rings. The van der Waals surface area contributed by atoms with E-state index in [9.17, 15) is 9.59 Å². The van der Waals surface area contributed by atoms with Crippen molar-refractivity contribution in [3.05, 3.63) is 52.2 Å². The first-order valence-corrected chi connectivity index (χ1v) is 8.98. The van der Waals surface area contributed by atoms with E-state index in [2.05, 4.69) is 10.6 Å². The lowest BCUT2D eigenvalue weighted by Gasteiger charge is -2.17. The highest BCUT2D eigenvalue weighted by Crippen LogP contribution is 2.22. The molecule has 1 aliphatic heterocycles. The van der Waals surface area contributed by atoms with Crippen LogP contribution in [0.25, 0.3) is 0 Å². The van der Waals surface area contributed by atoms with E-state index in [4.69, 9.17) is 0 Å². The number of anilines is 1. The smallest absolute Gasteiger partial charge is 0.315 e. The van der Waals surface area contributed by atoms with E-state index < -0.39 is 0 Å². The number of hydrogen-bond donors (Lipinski definition) is 2. The van der Waals surface area contributed by atoms with Crippen molar-refractivity contribution < 1.29 is 9.59 Å². The zero-order valence-corrected chi connectivity index (χ0v) is 14.4. The normalized spacial score (nSPS) is 15.4. The molecule has 0 radical (unpaired) electrons. The monoisotopic (exact) mass is 343 g/mol. The van der Waals surface area contributed by atoms with Crippen molar-refractivity contribution in [3.8, 4) is 0 Å². The van der Waals surface area contributed by atoms with Crippen molar-refractivity contribution in [3.63, 3.8) is 0 Å². The first-order valence-electron chi connectivity index (χ1n) is 8.10. The second-order valence-corrected chi connectivity index (χ2v) is 6.86. The fourth-order valence-corrected chi connectivity index (χ4v) is 3.53. The Morgan fingerprint density at radius 1 is 1.33 bits per heavy atom. The van der Waals surface area contributed by atoms with Crippen molar-refractivity contribution in [2.24, 2.45) is 0 Å². The van der Waals surface area contributed by atoms with Gasteiger partial charge in [0.05, 0.1) is 6.04 Å². The van der Waals surface area contributed by atoms with Gasteiger partial charge in [-0.3, -0.25) is 4.79 Å². The van der Waals surface area contributed by atoms with Crippen molar-refractivity contribution in [1.29, 1.82) is 0 Å². The standard InChI is InChI=1S/C18H21N3O2S/c1-13(16-7-4-10-24-16)20-18(23)19-12-14-5-2-6-15(11-14)21-9-3-8-17(21)22/h2,4-7,10-11,13H,3,8-9,12H2,1H3,(H2,19,20,23). The van der Waals surface area contributed by atoms with Crippen LogP contribution in [0.15, 0.2) is 41.8 Å². The summed E-state index contributed by atoms with van der Waals surface area (Å²) in [7, 11) is 0. The van der Waals surface area contributed by atoms with Gasteiger partial charge in [0.15, 0.2) is 0 Å². The lowest BCUT2D eigenvalue weighted by Crippen LogP contribution is -2.36. The van der Waals surface area contributed by atoms with E-state index in [1.165, 1.54) is 0 Å². The number of carbonyl (C=O) groups is 2. The Morgan fingerprint density at radius 2 is 2.21 bits per heavy atom. The van der Waals surface area contributed by atoms with E-state index in [1.807, 2.05) is 53.6 Å². The van der Waals surface area contributed by atoms with Gasteiger partial charge < -0.3 is 15.5 Å². The molecule has 6 heteroatoms. The van der Waals surface area contributed by atoms with Gasteiger partial charge >= 0.3 is 6.03 Å². The Labute approximate surface area is 145 Å². The summed E-state index contributed by atoms with van der Waals surface area (Å²) in [6.07, 6.45) is 1.52. The Morgan fingerprint density at radius 3 is 2.92 bits per heavy atom. The number of nitrogens with one attached hydrogen (secondary N) is 2. The minimum atomic E-state index is -0.196. The number of thiophene rings is 1. The SMILES string of the molecule is CC(NC(=O)NCc1cccc(N2CCCC2=O)c1)c1cccs1. The molecule has 3 rings (SSSR count).